The van der Waals surface area contributed by atoms with E-state index in [0.29, 0.717) is 0 Å². The maximum absolute atomic E-state index is 15.1. The van der Waals surface area contributed by atoms with Crippen molar-refractivity contribution in [1.29, 1.82) is 0 Å². The Balaban J connectivity index is 1.02. The Kier molecular flexibility index (Phi) is 9.05. The Morgan fingerprint density at radius 2 is 0.623 bits per heavy atom. The van der Waals surface area contributed by atoms with Crippen LogP contribution in [0.2, 0.25) is 0 Å². The summed E-state index contributed by atoms with van der Waals surface area (Å²) in [4.78, 5) is 0. The van der Waals surface area contributed by atoms with Gasteiger partial charge < -0.3 is 13.5 Å². The predicted molar refractivity (Wildman–Crippen MR) is 260 cm³/mol. The van der Waals surface area contributed by atoms with Gasteiger partial charge in [0.05, 0.1) is 16.6 Å². The van der Waals surface area contributed by atoms with Gasteiger partial charge in [-0.1, -0.05) is 212 Å². The van der Waals surface area contributed by atoms with Gasteiger partial charge in [-0.3, -0.25) is 0 Å². The van der Waals surface area contributed by atoms with E-state index in [4.69, 9.17) is 0 Å². The Hall–Kier alpha value is -7.02. The first kappa shape index (κ1) is 37.0. The smallest absolute Gasteiger partial charge is 0.171 e. The minimum atomic E-state index is -3.09. The quantitative estimate of drug-likeness (QED) is 0.113. The SMILES string of the molecule is O=P(c1ccccc1)(c1ccccc1)c1ccc(-c2ccc3c4ccc(-c5ccc(P(=O)(c6ccccc6)c6ccccc6)cc5)cc4n4c5ccccc5cc4c3c2)cc1. The number of benzene rings is 9. The molecule has 0 fully saturated rings. The molecule has 9 aromatic carbocycles. The number of hydrogen-bond donors (Lipinski definition) is 0. The first-order valence-corrected chi connectivity index (χ1v) is 24.0. The average Bonchev–Trinajstić information content (AvgIpc) is 3.75. The molecular weight excluding hydrogens is 781 g/mol. The van der Waals surface area contributed by atoms with Crippen LogP contribution in [0.15, 0.2) is 237 Å². The van der Waals surface area contributed by atoms with Crippen molar-refractivity contribution in [3.8, 4) is 22.3 Å². The number of para-hydroxylation sites is 1. The zero-order valence-corrected chi connectivity index (χ0v) is 35.0. The van der Waals surface area contributed by atoms with E-state index >= 15 is 9.13 Å². The third kappa shape index (κ3) is 6.12. The van der Waals surface area contributed by atoms with Gasteiger partial charge in [0.15, 0.2) is 14.3 Å². The molecule has 2 heterocycles. The molecule has 0 saturated heterocycles. The monoisotopic (exact) mass is 819 g/mol. The number of hydrogen-bond acceptors (Lipinski definition) is 2. The molecule has 0 amide bonds. The second kappa shape index (κ2) is 14.9. The molecule has 11 aromatic rings. The lowest BCUT2D eigenvalue weighted by molar-refractivity contribution is 0.591. The highest BCUT2D eigenvalue weighted by atomic mass is 31.2. The van der Waals surface area contributed by atoms with Crippen LogP contribution < -0.4 is 31.8 Å². The van der Waals surface area contributed by atoms with Gasteiger partial charge in [-0.15, -0.1) is 0 Å². The van der Waals surface area contributed by atoms with E-state index in [1.165, 1.54) is 16.2 Å². The van der Waals surface area contributed by atoms with Crippen LogP contribution in [0, 0.1) is 0 Å². The second-order valence-corrected chi connectivity index (χ2v) is 21.1. The second-order valence-electron chi connectivity index (χ2n) is 15.6. The number of rotatable bonds is 8. The van der Waals surface area contributed by atoms with E-state index in [0.717, 1.165) is 76.0 Å². The van der Waals surface area contributed by atoms with Crippen molar-refractivity contribution in [2.24, 2.45) is 0 Å². The van der Waals surface area contributed by atoms with Crippen LogP contribution in [-0.4, -0.2) is 4.40 Å². The number of aromatic nitrogens is 1. The van der Waals surface area contributed by atoms with E-state index in [2.05, 4.69) is 95.4 Å². The molecule has 0 unspecified atom stereocenters. The number of nitrogens with zero attached hydrogens (tertiary/aromatic N) is 1. The molecule has 0 saturated carbocycles. The van der Waals surface area contributed by atoms with Gasteiger partial charge in [-0.25, -0.2) is 0 Å². The molecule has 11 rings (SSSR count). The summed E-state index contributed by atoms with van der Waals surface area (Å²) in [5, 5.41) is 9.61. The van der Waals surface area contributed by atoms with E-state index in [-0.39, 0.29) is 0 Å². The molecule has 5 heteroatoms. The highest BCUT2D eigenvalue weighted by molar-refractivity contribution is 7.85. The van der Waals surface area contributed by atoms with Gasteiger partial charge in [0, 0.05) is 48.0 Å². The molecule has 0 atom stereocenters. The lowest BCUT2D eigenvalue weighted by atomic mass is 9.97. The maximum atomic E-state index is 15.1. The first-order chi connectivity index (χ1) is 30.0. The van der Waals surface area contributed by atoms with Crippen molar-refractivity contribution in [2.45, 2.75) is 0 Å². The summed E-state index contributed by atoms with van der Waals surface area (Å²) in [5.74, 6) is 0. The minimum Gasteiger partial charge on any atom is -0.309 e. The summed E-state index contributed by atoms with van der Waals surface area (Å²) in [6.07, 6.45) is 0. The standard InChI is InChI=1S/C56H39NO2P2/c58-60(45-16-5-1-6-17-45,46-18-7-2-8-19-46)49-31-25-40(26-32-49)42-29-35-51-52-36-30-43(38-55(52)57-54-24-14-13-15-44(54)39-56(57)53(51)37-42)41-27-33-50(34-28-41)61(59,47-20-9-3-10-21-47)48-22-11-4-12-23-48/h1-39H. The van der Waals surface area contributed by atoms with Crippen molar-refractivity contribution in [3.63, 3.8) is 0 Å². The zero-order chi connectivity index (χ0) is 41.0. The molecule has 0 radical (unpaired) electrons. The van der Waals surface area contributed by atoms with E-state index in [1.807, 2.05) is 146 Å². The van der Waals surface area contributed by atoms with Crippen molar-refractivity contribution in [1.82, 2.24) is 4.40 Å². The molecule has 0 N–H and O–H groups in total. The number of fused-ring (bicyclic) bond motifs is 8. The van der Waals surface area contributed by atoms with E-state index in [9.17, 15) is 0 Å². The van der Waals surface area contributed by atoms with Gasteiger partial charge >= 0.3 is 0 Å². The van der Waals surface area contributed by atoms with Crippen LogP contribution in [0.5, 0.6) is 0 Å². The van der Waals surface area contributed by atoms with Gasteiger partial charge in [0.1, 0.15) is 0 Å². The summed E-state index contributed by atoms with van der Waals surface area (Å²) >= 11 is 0. The molecule has 0 aliphatic rings. The molecule has 3 nitrogen and oxygen atoms in total. The summed E-state index contributed by atoms with van der Waals surface area (Å²) in [6.45, 7) is 0. The van der Waals surface area contributed by atoms with E-state index < -0.39 is 14.3 Å². The Bertz CT molecular complexity index is 3410. The largest absolute Gasteiger partial charge is 0.309 e. The van der Waals surface area contributed by atoms with Crippen LogP contribution >= 0.6 is 14.3 Å². The van der Waals surface area contributed by atoms with E-state index in [1.54, 1.807) is 0 Å². The van der Waals surface area contributed by atoms with Crippen LogP contribution in [0.3, 0.4) is 0 Å². The Morgan fingerprint density at radius 3 is 1.10 bits per heavy atom. The first-order valence-electron chi connectivity index (χ1n) is 20.5. The zero-order valence-electron chi connectivity index (χ0n) is 33.2. The summed E-state index contributed by atoms with van der Waals surface area (Å²) in [6, 6.07) is 80.3. The van der Waals surface area contributed by atoms with Crippen LogP contribution in [-0.2, 0) is 9.13 Å². The molecule has 0 spiro atoms. The van der Waals surface area contributed by atoms with Crippen molar-refractivity contribution in [2.75, 3.05) is 0 Å². The molecule has 0 aliphatic carbocycles. The topological polar surface area (TPSA) is 38.5 Å². The lowest BCUT2D eigenvalue weighted by Crippen LogP contribution is -2.24. The fourth-order valence-electron chi connectivity index (χ4n) is 9.08. The van der Waals surface area contributed by atoms with Gasteiger partial charge in [-0.05, 0) is 51.9 Å². The fraction of sp³-hybridized carbons (Fsp3) is 0. The van der Waals surface area contributed by atoms with Crippen molar-refractivity contribution < 1.29 is 9.13 Å². The summed E-state index contributed by atoms with van der Waals surface area (Å²) in [7, 11) is -6.17. The highest BCUT2D eigenvalue weighted by Crippen LogP contribution is 2.45. The molecule has 0 bridgehead atoms. The van der Waals surface area contributed by atoms with Gasteiger partial charge in [-0.2, -0.15) is 0 Å². The Labute approximate surface area is 355 Å². The van der Waals surface area contributed by atoms with Crippen molar-refractivity contribution in [3.05, 3.63) is 237 Å². The molecular formula is C56H39NO2P2. The lowest BCUT2D eigenvalue weighted by Gasteiger charge is -2.20. The van der Waals surface area contributed by atoms with Crippen molar-refractivity contribution >= 4 is 84.2 Å². The summed E-state index contributed by atoms with van der Waals surface area (Å²) in [5.41, 5.74) is 7.72. The van der Waals surface area contributed by atoms with Crippen LogP contribution in [0.25, 0.3) is 60.3 Å². The van der Waals surface area contributed by atoms with Gasteiger partial charge in [0.2, 0.25) is 0 Å². The highest BCUT2D eigenvalue weighted by Gasteiger charge is 2.31. The van der Waals surface area contributed by atoms with Crippen LogP contribution in [0.1, 0.15) is 0 Å². The van der Waals surface area contributed by atoms with Crippen LogP contribution in [0.4, 0.5) is 0 Å². The molecule has 0 aliphatic heterocycles. The molecule has 290 valence electrons. The maximum Gasteiger partial charge on any atom is 0.171 e. The number of pyridine rings is 1. The molecule has 61 heavy (non-hydrogen) atoms. The minimum absolute atomic E-state index is 0.811. The predicted octanol–water partition coefficient (Wildman–Crippen LogP) is 12.0. The average molecular weight is 820 g/mol. The molecule has 2 aromatic heterocycles. The fourth-order valence-corrected chi connectivity index (χ4v) is 14.4. The third-order valence-corrected chi connectivity index (χ3v) is 18.3. The third-order valence-electron chi connectivity index (χ3n) is 12.1. The van der Waals surface area contributed by atoms with Gasteiger partial charge in [0.25, 0.3) is 0 Å². The summed E-state index contributed by atoms with van der Waals surface area (Å²) < 4.78 is 32.5. The Morgan fingerprint density at radius 1 is 0.262 bits per heavy atom. The normalized spacial score (nSPS) is 12.1.